The normalized spacial score (nSPS) is 16.5. The average Bonchev–Trinajstić information content (AvgIpc) is 3.04. The van der Waals surface area contributed by atoms with Gasteiger partial charge in [-0.2, -0.15) is 0 Å². The van der Waals surface area contributed by atoms with Crippen LogP contribution in [-0.2, 0) is 6.54 Å². The molecule has 0 bridgehead atoms. The number of aliphatic hydroxyl groups is 1. The molecule has 5 heteroatoms. The van der Waals surface area contributed by atoms with Crippen molar-refractivity contribution in [3.05, 3.63) is 22.4 Å². The van der Waals surface area contributed by atoms with E-state index in [1.54, 1.807) is 11.3 Å². The molecule has 94 valence electrons. The number of thiophene rings is 1. The van der Waals surface area contributed by atoms with Gasteiger partial charge in [-0.15, -0.1) is 11.3 Å². The first-order valence-electron chi connectivity index (χ1n) is 5.98. The highest BCUT2D eigenvalue weighted by Gasteiger charge is 2.29. The second-order valence-electron chi connectivity index (χ2n) is 4.38. The molecule has 0 spiro atoms. The molecule has 2 rings (SSSR count). The van der Waals surface area contributed by atoms with E-state index in [-0.39, 0.29) is 12.1 Å². The van der Waals surface area contributed by atoms with Crippen LogP contribution in [-0.4, -0.2) is 23.8 Å². The van der Waals surface area contributed by atoms with Crippen molar-refractivity contribution in [2.75, 3.05) is 6.54 Å². The summed E-state index contributed by atoms with van der Waals surface area (Å²) >= 11 is 1.62. The van der Waals surface area contributed by atoms with Crippen LogP contribution in [0.3, 0.4) is 0 Å². The van der Waals surface area contributed by atoms with E-state index in [0.29, 0.717) is 25.4 Å². The van der Waals surface area contributed by atoms with E-state index >= 15 is 0 Å². The average molecular weight is 254 g/mol. The molecular formula is C12H18N2O2S. The Balaban J connectivity index is 1.54. The summed E-state index contributed by atoms with van der Waals surface area (Å²) in [4.78, 5) is 12.5. The molecular weight excluding hydrogens is 236 g/mol. The number of carbonyl (C=O) groups excluding carboxylic acids is 1. The summed E-state index contributed by atoms with van der Waals surface area (Å²) in [5.74, 6) is 0.478. The molecule has 1 heterocycles. The van der Waals surface area contributed by atoms with Gasteiger partial charge in [0.1, 0.15) is 0 Å². The summed E-state index contributed by atoms with van der Waals surface area (Å²) in [7, 11) is 0. The van der Waals surface area contributed by atoms with Crippen molar-refractivity contribution in [2.24, 2.45) is 5.92 Å². The van der Waals surface area contributed by atoms with Gasteiger partial charge in [0.15, 0.2) is 0 Å². The van der Waals surface area contributed by atoms with E-state index < -0.39 is 0 Å². The first-order chi connectivity index (χ1) is 8.25. The van der Waals surface area contributed by atoms with Crippen LogP contribution in [0.5, 0.6) is 0 Å². The van der Waals surface area contributed by atoms with Crippen LogP contribution in [0.25, 0.3) is 0 Å². The molecule has 2 amide bonds. The molecule has 1 aliphatic carbocycles. The van der Waals surface area contributed by atoms with E-state index in [0.717, 1.165) is 17.7 Å². The summed E-state index contributed by atoms with van der Waals surface area (Å²) < 4.78 is 0. The van der Waals surface area contributed by atoms with Gasteiger partial charge in [-0.1, -0.05) is 6.07 Å². The lowest BCUT2D eigenvalue weighted by Gasteiger charge is -2.10. The largest absolute Gasteiger partial charge is 0.393 e. The molecule has 1 saturated carbocycles. The zero-order chi connectivity index (χ0) is 12.1. The molecule has 1 fully saturated rings. The minimum absolute atomic E-state index is 0.165. The summed E-state index contributed by atoms with van der Waals surface area (Å²) in [5.41, 5.74) is 0. The van der Waals surface area contributed by atoms with Crippen molar-refractivity contribution < 1.29 is 9.90 Å². The number of nitrogens with one attached hydrogen (secondary N) is 2. The molecule has 0 aromatic carbocycles. The second kappa shape index (κ2) is 6.02. The summed E-state index contributed by atoms with van der Waals surface area (Å²) in [5, 5.41) is 17.1. The number of urea groups is 1. The van der Waals surface area contributed by atoms with Crippen LogP contribution in [0.2, 0.25) is 0 Å². The van der Waals surface area contributed by atoms with E-state index in [9.17, 15) is 9.90 Å². The topological polar surface area (TPSA) is 61.4 Å². The zero-order valence-corrected chi connectivity index (χ0v) is 10.5. The van der Waals surface area contributed by atoms with Crippen LogP contribution in [0, 0.1) is 5.92 Å². The van der Waals surface area contributed by atoms with Crippen LogP contribution >= 0.6 is 11.3 Å². The zero-order valence-electron chi connectivity index (χ0n) is 9.69. The Morgan fingerprint density at radius 3 is 3.00 bits per heavy atom. The molecule has 0 radical (unpaired) electrons. The van der Waals surface area contributed by atoms with Crippen LogP contribution in [0.1, 0.15) is 24.1 Å². The molecule has 17 heavy (non-hydrogen) atoms. The van der Waals surface area contributed by atoms with Gasteiger partial charge < -0.3 is 15.7 Å². The van der Waals surface area contributed by atoms with Crippen molar-refractivity contribution in [3.63, 3.8) is 0 Å². The highest BCUT2D eigenvalue weighted by atomic mass is 32.1. The van der Waals surface area contributed by atoms with Crippen molar-refractivity contribution in [1.82, 2.24) is 10.6 Å². The van der Waals surface area contributed by atoms with Crippen molar-refractivity contribution >= 4 is 17.4 Å². The van der Waals surface area contributed by atoms with E-state index in [1.165, 1.54) is 0 Å². The van der Waals surface area contributed by atoms with Gasteiger partial charge >= 0.3 is 6.03 Å². The number of hydrogen-bond donors (Lipinski definition) is 3. The third-order valence-corrected chi connectivity index (χ3v) is 3.77. The Labute approximate surface area is 105 Å². The predicted molar refractivity (Wildman–Crippen MR) is 67.9 cm³/mol. The van der Waals surface area contributed by atoms with Gasteiger partial charge in [-0.05, 0) is 36.6 Å². The third kappa shape index (κ3) is 4.36. The minimum Gasteiger partial charge on any atom is -0.393 e. The monoisotopic (exact) mass is 254 g/mol. The Morgan fingerprint density at radius 2 is 2.35 bits per heavy atom. The number of aliphatic hydroxyl groups excluding tert-OH is 1. The molecule has 1 aromatic heterocycles. The van der Waals surface area contributed by atoms with Crippen molar-refractivity contribution in [2.45, 2.75) is 31.9 Å². The Morgan fingerprint density at radius 1 is 1.53 bits per heavy atom. The number of hydrogen-bond acceptors (Lipinski definition) is 3. The fourth-order valence-corrected chi connectivity index (χ4v) is 2.34. The smallest absolute Gasteiger partial charge is 0.315 e. The molecule has 0 unspecified atom stereocenters. The van der Waals surface area contributed by atoms with E-state index in [2.05, 4.69) is 10.6 Å². The number of amides is 2. The Kier molecular flexibility index (Phi) is 4.39. The van der Waals surface area contributed by atoms with Gasteiger partial charge in [0.2, 0.25) is 0 Å². The molecule has 1 aromatic rings. The van der Waals surface area contributed by atoms with Gasteiger partial charge in [-0.3, -0.25) is 0 Å². The molecule has 1 aliphatic rings. The predicted octanol–water partition coefficient (Wildman–Crippen LogP) is 1.71. The van der Waals surface area contributed by atoms with Gasteiger partial charge in [0.05, 0.1) is 12.6 Å². The highest BCUT2D eigenvalue weighted by molar-refractivity contribution is 7.09. The van der Waals surface area contributed by atoms with E-state index in [1.807, 2.05) is 17.5 Å². The lowest BCUT2D eigenvalue weighted by molar-refractivity contribution is 0.141. The van der Waals surface area contributed by atoms with Crippen molar-refractivity contribution in [3.8, 4) is 0 Å². The lowest BCUT2D eigenvalue weighted by Crippen LogP contribution is -2.36. The maximum atomic E-state index is 11.4. The lowest BCUT2D eigenvalue weighted by atomic mass is 10.2. The first-order valence-corrected chi connectivity index (χ1v) is 6.86. The Bertz CT molecular complexity index is 349. The third-order valence-electron chi connectivity index (χ3n) is 2.90. The van der Waals surface area contributed by atoms with Crippen LogP contribution in [0.15, 0.2) is 17.5 Å². The fourth-order valence-electron chi connectivity index (χ4n) is 1.69. The quantitative estimate of drug-likeness (QED) is 0.723. The first kappa shape index (κ1) is 12.4. The highest BCUT2D eigenvalue weighted by Crippen LogP contribution is 2.33. The van der Waals surface area contributed by atoms with Gasteiger partial charge in [0, 0.05) is 11.4 Å². The standard InChI is InChI=1S/C12H18N2O2S/c15-11(9-3-4-9)5-6-13-12(16)14-8-10-2-1-7-17-10/h1-2,7,9,11,15H,3-6,8H2,(H2,13,14,16)/t11-/m0/s1. The molecule has 3 N–H and O–H groups in total. The maximum absolute atomic E-state index is 11.4. The maximum Gasteiger partial charge on any atom is 0.315 e. The number of rotatable bonds is 6. The Hall–Kier alpha value is -1.07. The molecule has 4 nitrogen and oxygen atoms in total. The minimum atomic E-state index is -0.243. The SMILES string of the molecule is O=C(NCC[C@H](O)C1CC1)NCc1cccs1. The van der Waals surface area contributed by atoms with Gasteiger partial charge in [0.25, 0.3) is 0 Å². The second-order valence-corrected chi connectivity index (χ2v) is 5.41. The van der Waals surface area contributed by atoms with Crippen molar-refractivity contribution in [1.29, 1.82) is 0 Å². The van der Waals surface area contributed by atoms with Crippen LogP contribution in [0.4, 0.5) is 4.79 Å². The molecule has 0 saturated heterocycles. The van der Waals surface area contributed by atoms with E-state index in [4.69, 9.17) is 0 Å². The number of carbonyl (C=O) groups is 1. The summed E-state index contributed by atoms with van der Waals surface area (Å²) in [6.07, 6.45) is 2.67. The van der Waals surface area contributed by atoms with Crippen LogP contribution < -0.4 is 10.6 Å². The summed E-state index contributed by atoms with van der Waals surface area (Å²) in [6.45, 7) is 1.10. The summed E-state index contributed by atoms with van der Waals surface area (Å²) in [6, 6.07) is 3.79. The molecule has 1 atom stereocenters. The fraction of sp³-hybridized carbons (Fsp3) is 0.583. The molecule has 0 aliphatic heterocycles. The van der Waals surface area contributed by atoms with Gasteiger partial charge in [-0.25, -0.2) is 4.79 Å².